The van der Waals surface area contributed by atoms with Gasteiger partial charge in [0.15, 0.2) is 5.79 Å². The maximum atomic E-state index is 12.3. The third kappa shape index (κ3) is 3.92. The normalized spacial score (nSPS) is 36.1. The van der Waals surface area contributed by atoms with E-state index in [4.69, 9.17) is 44.3 Å². The van der Waals surface area contributed by atoms with Crippen LogP contribution in [0.1, 0.15) is 27.2 Å². The molecular weight excluding hydrogens is 377 g/mol. The van der Waals surface area contributed by atoms with E-state index < -0.39 is 27.1 Å². The quantitative estimate of drug-likeness (QED) is 0.566. The van der Waals surface area contributed by atoms with Gasteiger partial charge in [-0.15, -0.1) is 6.58 Å². The predicted molar refractivity (Wildman–Crippen MR) is 94.1 cm³/mol. The smallest absolute Gasteiger partial charge is 0.272 e. The second-order valence-corrected chi connectivity index (χ2v) is 9.01. The Morgan fingerprint density at radius 1 is 1.50 bits per heavy atom. The minimum absolute atomic E-state index is 0.326. The molecule has 0 aromatic carbocycles. The Morgan fingerprint density at radius 2 is 2.12 bits per heavy atom. The molecule has 4 atom stereocenters. The van der Waals surface area contributed by atoms with Crippen LogP contribution < -0.4 is 5.32 Å². The second kappa shape index (κ2) is 6.78. The van der Waals surface area contributed by atoms with E-state index in [0.29, 0.717) is 13.0 Å². The lowest BCUT2D eigenvalue weighted by atomic mass is 9.69. The number of carbonyl (C=O) groups is 1. The van der Waals surface area contributed by atoms with Crippen LogP contribution in [0.2, 0.25) is 0 Å². The average Bonchev–Trinajstić information content (AvgIpc) is 2.80. The van der Waals surface area contributed by atoms with E-state index in [2.05, 4.69) is 11.9 Å². The van der Waals surface area contributed by atoms with Crippen molar-refractivity contribution in [3.05, 3.63) is 24.3 Å². The van der Waals surface area contributed by atoms with Crippen LogP contribution in [0.5, 0.6) is 0 Å². The lowest BCUT2D eigenvalue weighted by molar-refractivity contribution is -0.151. The number of ether oxygens (including phenoxy) is 2. The first-order valence-corrected chi connectivity index (χ1v) is 8.75. The summed E-state index contributed by atoms with van der Waals surface area (Å²) in [5, 5.41) is 13.3. The summed E-state index contributed by atoms with van der Waals surface area (Å²) in [5.41, 5.74) is -0.254. The first-order valence-electron chi connectivity index (χ1n) is 7.61. The predicted octanol–water partition coefficient (Wildman–Crippen LogP) is 2.88. The summed E-state index contributed by atoms with van der Waals surface area (Å²) in [6, 6.07) is 0. The molecule has 136 valence electrons. The van der Waals surface area contributed by atoms with Crippen LogP contribution in [-0.4, -0.2) is 44.9 Å². The van der Waals surface area contributed by atoms with Gasteiger partial charge in [0.05, 0.1) is 24.4 Å². The topological polar surface area (TPSA) is 67.8 Å². The molecule has 2 aliphatic rings. The number of hydrogen-bond donors (Lipinski definition) is 2. The highest BCUT2D eigenvalue weighted by molar-refractivity contribution is 6.76. The minimum Gasteiger partial charge on any atom is -0.386 e. The molecule has 1 aliphatic carbocycles. The molecule has 1 amide bonds. The number of carbonyl (C=O) groups excluding carboxylic acids is 1. The molecule has 0 aromatic heterocycles. The van der Waals surface area contributed by atoms with E-state index in [-0.39, 0.29) is 12.0 Å². The molecule has 8 heteroatoms. The standard InChI is InChI=1S/C16H22Cl3NO4/c1-5-15(20-13(22)16(17,18)19)10(6-9(2)7-12(15)21)11-8-23-14(3,4)24-11/h5,7,10-12,21H,1,6,8H2,2-4H3,(H,20,22)/t10?,11-,12-,15-/m1/s1. The molecule has 1 heterocycles. The zero-order valence-electron chi connectivity index (χ0n) is 13.8. The van der Waals surface area contributed by atoms with Crippen LogP contribution in [0.15, 0.2) is 24.3 Å². The fourth-order valence-corrected chi connectivity index (χ4v) is 3.46. The molecule has 1 aliphatic heterocycles. The Hall–Kier alpha value is -0.300. The summed E-state index contributed by atoms with van der Waals surface area (Å²) < 4.78 is 9.44. The molecule has 0 aromatic rings. The zero-order valence-corrected chi connectivity index (χ0v) is 16.1. The minimum atomic E-state index is -2.15. The highest BCUT2D eigenvalue weighted by atomic mass is 35.6. The fraction of sp³-hybridized carbons (Fsp3) is 0.688. The first-order chi connectivity index (χ1) is 10.9. The Labute approximate surface area is 156 Å². The van der Waals surface area contributed by atoms with Crippen LogP contribution in [0.3, 0.4) is 0 Å². The maximum Gasteiger partial charge on any atom is 0.272 e. The summed E-state index contributed by atoms with van der Waals surface area (Å²) in [6.07, 6.45) is 2.34. The molecular formula is C16H22Cl3NO4. The highest BCUT2D eigenvalue weighted by Crippen LogP contribution is 2.42. The van der Waals surface area contributed by atoms with E-state index in [1.54, 1.807) is 6.08 Å². The monoisotopic (exact) mass is 397 g/mol. The van der Waals surface area contributed by atoms with E-state index >= 15 is 0 Å². The van der Waals surface area contributed by atoms with Crippen molar-refractivity contribution in [1.29, 1.82) is 0 Å². The van der Waals surface area contributed by atoms with Crippen molar-refractivity contribution in [3.8, 4) is 0 Å². The van der Waals surface area contributed by atoms with Crippen LogP contribution >= 0.6 is 34.8 Å². The van der Waals surface area contributed by atoms with Gasteiger partial charge < -0.3 is 19.9 Å². The van der Waals surface area contributed by atoms with Gasteiger partial charge in [-0.2, -0.15) is 0 Å². The second-order valence-electron chi connectivity index (χ2n) is 6.72. The summed E-state index contributed by atoms with van der Waals surface area (Å²) in [7, 11) is 0. The van der Waals surface area contributed by atoms with Crippen molar-refractivity contribution in [2.75, 3.05) is 6.61 Å². The number of nitrogens with one attached hydrogen (secondary N) is 1. The average molecular weight is 399 g/mol. The van der Waals surface area contributed by atoms with Crippen LogP contribution in [0, 0.1) is 5.92 Å². The van der Waals surface area contributed by atoms with Crippen molar-refractivity contribution < 1.29 is 19.4 Å². The van der Waals surface area contributed by atoms with Gasteiger partial charge in [-0.25, -0.2) is 0 Å². The molecule has 24 heavy (non-hydrogen) atoms. The number of allylic oxidation sites excluding steroid dienone is 1. The van der Waals surface area contributed by atoms with Crippen molar-refractivity contribution in [1.82, 2.24) is 5.32 Å². The van der Waals surface area contributed by atoms with Crippen LogP contribution in [0.4, 0.5) is 0 Å². The molecule has 2 N–H and O–H groups in total. The Kier molecular flexibility index (Phi) is 5.66. The van der Waals surface area contributed by atoms with Gasteiger partial charge in [0, 0.05) is 5.92 Å². The summed E-state index contributed by atoms with van der Waals surface area (Å²) in [5.74, 6) is -1.90. The van der Waals surface area contributed by atoms with Gasteiger partial charge in [0.2, 0.25) is 0 Å². The van der Waals surface area contributed by atoms with Gasteiger partial charge in [-0.05, 0) is 27.2 Å². The SMILES string of the molecule is C=C[C@@]1(NC(=O)C(Cl)(Cl)Cl)C([C@H]2COC(C)(C)O2)CC(C)=C[C@H]1O. The summed E-state index contributed by atoms with van der Waals surface area (Å²) in [6.45, 7) is 9.65. The van der Waals surface area contributed by atoms with Crippen molar-refractivity contribution in [2.45, 2.75) is 54.5 Å². The molecule has 0 radical (unpaired) electrons. The number of aliphatic hydroxyl groups excluding tert-OH is 1. The molecule has 2 rings (SSSR count). The van der Waals surface area contributed by atoms with Crippen molar-refractivity contribution >= 4 is 40.7 Å². The van der Waals surface area contributed by atoms with Crippen molar-refractivity contribution in [2.24, 2.45) is 5.92 Å². The maximum absolute atomic E-state index is 12.3. The van der Waals surface area contributed by atoms with Crippen LogP contribution in [0.25, 0.3) is 0 Å². The Morgan fingerprint density at radius 3 is 2.58 bits per heavy atom. The molecule has 0 saturated carbocycles. The van der Waals surface area contributed by atoms with Gasteiger partial charge >= 0.3 is 0 Å². The van der Waals surface area contributed by atoms with E-state index in [0.717, 1.165) is 5.57 Å². The Bertz CT molecular complexity index is 558. The first kappa shape index (κ1) is 20.0. The highest BCUT2D eigenvalue weighted by Gasteiger charge is 2.53. The molecule has 0 bridgehead atoms. The van der Waals surface area contributed by atoms with E-state index in [1.165, 1.54) is 6.08 Å². The molecule has 5 nitrogen and oxygen atoms in total. The van der Waals surface area contributed by atoms with Gasteiger partial charge in [-0.3, -0.25) is 4.79 Å². The van der Waals surface area contributed by atoms with Gasteiger partial charge in [0.1, 0.15) is 0 Å². The molecule has 0 spiro atoms. The number of amides is 1. The Balaban J connectivity index is 2.39. The summed E-state index contributed by atoms with van der Waals surface area (Å²) in [4.78, 5) is 12.3. The van der Waals surface area contributed by atoms with Gasteiger partial charge in [0.25, 0.3) is 9.70 Å². The molecule has 1 saturated heterocycles. The third-order valence-corrected chi connectivity index (χ3v) is 5.01. The molecule has 1 fully saturated rings. The summed E-state index contributed by atoms with van der Waals surface area (Å²) >= 11 is 17.0. The number of halogens is 3. The number of hydrogen-bond acceptors (Lipinski definition) is 4. The van der Waals surface area contributed by atoms with Crippen LogP contribution in [-0.2, 0) is 14.3 Å². The molecule has 1 unspecified atom stereocenters. The largest absolute Gasteiger partial charge is 0.386 e. The third-order valence-electron chi connectivity index (χ3n) is 4.49. The van der Waals surface area contributed by atoms with E-state index in [9.17, 15) is 9.90 Å². The fourth-order valence-electron chi connectivity index (χ4n) is 3.32. The lowest BCUT2D eigenvalue weighted by Gasteiger charge is -2.47. The number of alkyl halides is 3. The van der Waals surface area contributed by atoms with Gasteiger partial charge in [-0.1, -0.05) is 52.5 Å². The number of rotatable bonds is 3. The lowest BCUT2D eigenvalue weighted by Crippen LogP contribution is -2.65. The zero-order chi connectivity index (χ0) is 18.3. The number of aliphatic hydroxyl groups is 1. The van der Waals surface area contributed by atoms with E-state index in [1.807, 2.05) is 20.8 Å². The van der Waals surface area contributed by atoms with Crippen molar-refractivity contribution in [3.63, 3.8) is 0 Å².